The van der Waals surface area contributed by atoms with Crippen LogP contribution in [0.2, 0.25) is 0 Å². The summed E-state index contributed by atoms with van der Waals surface area (Å²) in [5.41, 5.74) is 1.53. The van der Waals surface area contributed by atoms with E-state index >= 15 is 0 Å². The zero-order valence-corrected chi connectivity index (χ0v) is 9.45. The van der Waals surface area contributed by atoms with Gasteiger partial charge in [0.1, 0.15) is 0 Å². The van der Waals surface area contributed by atoms with Crippen molar-refractivity contribution in [2.75, 3.05) is 5.32 Å². The molecule has 2 rings (SSSR count). The Hall–Kier alpha value is -2.69. The number of carbonyl (C=O) groups is 1. The molecule has 2 aromatic rings. The van der Waals surface area contributed by atoms with Crippen LogP contribution in [0.25, 0.3) is 6.08 Å². The maximum absolute atomic E-state index is 10.3. The fourth-order valence-corrected chi connectivity index (χ4v) is 1.31. The highest BCUT2D eigenvalue weighted by atomic mass is 16.4. The van der Waals surface area contributed by atoms with Crippen LogP contribution in [0, 0.1) is 0 Å². The fraction of sp³-hybridized carbons (Fsp3) is 0. The van der Waals surface area contributed by atoms with Gasteiger partial charge in [0.15, 0.2) is 0 Å². The second kappa shape index (κ2) is 5.58. The third-order valence-corrected chi connectivity index (χ3v) is 2.12. The van der Waals surface area contributed by atoms with Crippen LogP contribution in [0.1, 0.15) is 5.56 Å². The molecular formula is C13H11N3O2. The predicted molar refractivity (Wildman–Crippen MR) is 68.4 cm³/mol. The highest BCUT2D eigenvalue weighted by molar-refractivity contribution is 5.85. The lowest BCUT2D eigenvalue weighted by Gasteiger charge is -2.03. The first kappa shape index (κ1) is 11.8. The molecule has 1 aromatic carbocycles. The van der Waals surface area contributed by atoms with Gasteiger partial charge in [0.2, 0.25) is 5.95 Å². The van der Waals surface area contributed by atoms with Gasteiger partial charge in [-0.25, -0.2) is 14.8 Å². The number of para-hydroxylation sites is 1. The number of aromatic nitrogens is 2. The molecule has 0 bridgehead atoms. The summed E-state index contributed by atoms with van der Waals surface area (Å²) in [5.74, 6) is -0.532. The van der Waals surface area contributed by atoms with Gasteiger partial charge >= 0.3 is 5.97 Å². The Balaban J connectivity index is 2.06. The highest BCUT2D eigenvalue weighted by Gasteiger charge is 1.97. The molecule has 2 N–H and O–H groups in total. The number of benzene rings is 1. The smallest absolute Gasteiger partial charge is 0.328 e. The molecule has 0 fully saturated rings. The van der Waals surface area contributed by atoms with Crippen LogP contribution in [-0.2, 0) is 4.79 Å². The van der Waals surface area contributed by atoms with Crippen LogP contribution in [0.5, 0.6) is 0 Å². The van der Waals surface area contributed by atoms with E-state index in [-0.39, 0.29) is 0 Å². The third-order valence-electron chi connectivity index (χ3n) is 2.12. The number of nitrogens with zero attached hydrogens (tertiary/aromatic N) is 2. The largest absolute Gasteiger partial charge is 0.478 e. The molecule has 5 nitrogen and oxygen atoms in total. The first-order valence-electron chi connectivity index (χ1n) is 5.29. The lowest BCUT2D eigenvalue weighted by molar-refractivity contribution is -0.131. The Bertz CT molecular complexity index is 550. The number of carboxylic acid groups (broad SMARTS) is 1. The SMILES string of the molecule is O=C(O)/C=C/c1cnc(Nc2ccccc2)nc1. The second-order valence-electron chi connectivity index (χ2n) is 3.50. The van der Waals surface area contributed by atoms with Crippen molar-refractivity contribution in [1.82, 2.24) is 9.97 Å². The van der Waals surface area contributed by atoms with Crippen molar-refractivity contribution in [3.05, 3.63) is 54.4 Å². The standard InChI is InChI=1S/C13H11N3O2/c17-12(18)7-6-10-8-14-13(15-9-10)16-11-4-2-1-3-5-11/h1-9H,(H,17,18)(H,14,15,16)/b7-6+. The van der Waals surface area contributed by atoms with Gasteiger partial charge in [-0.3, -0.25) is 0 Å². The maximum atomic E-state index is 10.3. The first-order valence-corrected chi connectivity index (χ1v) is 5.29. The maximum Gasteiger partial charge on any atom is 0.328 e. The van der Waals surface area contributed by atoms with Gasteiger partial charge in [0, 0.05) is 29.7 Å². The quantitative estimate of drug-likeness (QED) is 0.803. The van der Waals surface area contributed by atoms with Crippen LogP contribution in [-0.4, -0.2) is 21.0 Å². The Morgan fingerprint density at radius 1 is 1.17 bits per heavy atom. The molecule has 5 heteroatoms. The molecule has 1 heterocycles. The first-order chi connectivity index (χ1) is 8.74. The second-order valence-corrected chi connectivity index (χ2v) is 3.50. The molecule has 90 valence electrons. The average Bonchev–Trinajstić information content (AvgIpc) is 2.39. The zero-order chi connectivity index (χ0) is 12.8. The van der Waals surface area contributed by atoms with Crippen molar-refractivity contribution in [3.8, 4) is 0 Å². The Labute approximate surface area is 104 Å². The molecule has 0 saturated heterocycles. The molecular weight excluding hydrogens is 230 g/mol. The van der Waals surface area contributed by atoms with Crippen LogP contribution < -0.4 is 5.32 Å². The molecule has 0 saturated carbocycles. The van der Waals surface area contributed by atoms with E-state index < -0.39 is 5.97 Å². The summed E-state index contributed by atoms with van der Waals surface area (Å²) < 4.78 is 0. The van der Waals surface area contributed by atoms with E-state index in [2.05, 4.69) is 15.3 Å². The molecule has 0 unspecified atom stereocenters. The zero-order valence-electron chi connectivity index (χ0n) is 9.45. The normalized spacial score (nSPS) is 10.4. The fourth-order valence-electron chi connectivity index (χ4n) is 1.31. The van der Waals surface area contributed by atoms with Crippen LogP contribution in [0.15, 0.2) is 48.8 Å². The minimum Gasteiger partial charge on any atom is -0.478 e. The van der Waals surface area contributed by atoms with Crippen LogP contribution in [0.4, 0.5) is 11.6 Å². The van der Waals surface area contributed by atoms with Crippen molar-refractivity contribution in [1.29, 1.82) is 0 Å². The van der Waals surface area contributed by atoms with E-state index in [4.69, 9.17) is 5.11 Å². The Kier molecular flexibility index (Phi) is 3.66. The monoisotopic (exact) mass is 241 g/mol. The molecule has 0 spiro atoms. The summed E-state index contributed by atoms with van der Waals surface area (Å²) in [4.78, 5) is 18.5. The molecule has 1 aromatic heterocycles. The van der Waals surface area contributed by atoms with Gasteiger partial charge in [-0.2, -0.15) is 0 Å². The van der Waals surface area contributed by atoms with Gasteiger partial charge in [-0.15, -0.1) is 0 Å². The minimum absolute atomic E-state index is 0.466. The van der Waals surface area contributed by atoms with E-state index in [9.17, 15) is 4.79 Å². The number of anilines is 2. The van der Waals surface area contributed by atoms with E-state index in [0.717, 1.165) is 11.8 Å². The van der Waals surface area contributed by atoms with Gasteiger partial charge < -0.3 is 10.4 Å². The lowest BCUT2D eigenvalue weighted by atomic mass is 10.3. The Morgan fingerprint density at radius 3 is 2.44 bits per heavy atom. The van der Waals surface area contributed by atoms with Gasteiger partial charge in [0.25, 0.3) is 0 Å². The third kappa shape index (κ3) is 3.41. The molecule has 0 aliphatic heterocycles. The summed E-state index contributed by atoms with van der Waals surface area (Å²) in [7, 11) is 0. The number of carboxylic acids is 1. The summed E-state index contributed by atoms with van der Waals surface area (Å²) in [6.07, 6.45) is 5.59. The number of hydrogen-bond donors (Lipinski definition) is 2. The van der Waals surface area contributed by atoms with E-state index in [1.165, 1.54) is 6.08 Å². The Morgan fingerprint density at radius 2 is 1.83 bits per heavy atom. The molecule has 18 heavy (non-hydrogen) atoms. The van der Waals surface area contributed by atoms with E-state index in [0.29, 0.717) is 11.5 Å². The number of aliphatic carboxylic acids is 1. The predicted octanol–water partition coefficient (Wildman–Crippen LogP) is 2.32. The van der Waals surface area contributed by atoms with Gasteiger partial charge in [0.05, 0.1) is 0 Å². The average molecular weight is 241 g/mol. The van der Waals surface area contributed by atoms with E-state index in [1.54, 1.807) is 12.4 Å². The molecule has 0 atom stereocenters. The van der Waals surface area contributed by atoms with Crippen molar-refractivity contribution < 1.29 is 9.90 Å². The van der Waals surface area contributed by atoms with Crippen molar-refractivity contribution in [2.24, 2.45) is 0 Å². The molecule has 0 amide bonds. The van der Waals surface area contributed by atoms with E-state index in [1.807, 2.05) is 30.3 Å². The minimum atomic E-state index is -0.999. The number of hydrogen-bond acceptors (Lipinski definition) is 4. The highest BCUT2D eigenvalue weighted by Crippen LogP contribution is 2.11. The molecule has 0 aliphatic carbocycles. The van der Waals surface area contributed by atoms with Gasteiger partial charge in [-0.05, 0) is 18.2 Å². The van der Waals surface area contributed by atoms with Crippen LogP contribution >= 0.6 is 0 Å². The lowest BCUT2D eigenvalue weighted by Crippen LogP contribution is -1.96. The van der Waals surface area contributed by atoms with Crippen molar-refractivity contribution in [3.63, 3.8) is 0 Å². The summed E-state index contributed by atoms with van der Waals surface area (Å²) in [5, 5.41) is 11.5. The number of rotatable bonds is 4. The summed E-state index contributed by atoms with van der Waals surface area (Å²) in [6, 6.07) is 9.55. The topological polar surface area (TPSA) is 75.1 Å². The summed E-state index contributed by atoms with van der Waals surface area (Å²) in [6.45, 7) is 0. The van der Waals surface area contributed by atoms with Crippen molar-refractivity contribution >= 4 is 23.7 Å². The summed E-state index contributed by atoms with van der Waals surface area (Å²) >= 11 is 0. The van der Waals surface area contributed by atoms with Crippen molar-refractivity contribution in [2.45, 2.75) is 0 Å². The van der Waals surface area contributed by atoms with Crippen LogP contribution in [0.3, 0.4) is 0 Å². The molecule has 0 aliphatic rings. The van der Waals surface area contributed by atoms with Gasteiger partial charge in [-0.1, -0.05) is 18.2 Å². The number of nitrogens with one attached hydrogen (secondary N) is 1. The molecule has 0 radical (unpaired) electrons.